The molecule has 2 amide bonds. The van der Waals surface area contributed by atoms with Crippen LogP contribution in [0.1, 0.15) is 37.4 Å². The molecule has 1 aromatic heterocycles. The fourth-order valence-electron chi connectivity index (χ4n) is 2.70. The van der Waals surface area contributed by atoms with Crippen molar-refractivity contribution in [1.82, 2.24) is 15.6 Å². The van der Waals surface area contributed by atoms with Gasteiger partial charge in [0.2, 0.25) is 5.88 Å². The predicted octanol–water partition coefficient (Wildman–Crippen LogP) is 4.51. The third kappa shape index (κ3) is 7.09. The van der Waals surface area contributed by atoms with Gasteiger partial charge in [0.05, 0.1) is 12.6 Å². The summed E-state index contributed by atoms with van der Waals surface area (Å²) in [4.78, 5) is 15.9. The van der Waals surface area contributed by atoms with E-state index in [1.54, 1.807) is 12.1 Å². The molecule has 0 fully saturated rings. The molecule has 0 spiro atoms. The third-order valence-corrected chi connectivity index (χ3v) is 3.96. The minimum atomic E-state index is -4.46. The third-order valence-electron chi connectivity index (χ3n) is 3.96. The fourth-order valence-corrected chi connectivity index (χ4v) is 2.70. The summed E-state index contributed by atoms with van der Waals surface area (Å²) in [5.41, 5.74) is 1.20. The molecule has 0 saturated carbocycles. The van der Waals surface area contributed by atoms with Crippen LogP contribution in [0.25, 0.3) is 0 Å². The second kappa shape index (κ2) is 10.7. The molecule has 1 unspecified atom stereocenters. The molecule has 10 heteroatoms. The number of benzene rings is 1. The summed E-state index contributed by atoms with van der Waals surface area (Å²) >= 11 is 0. The minimum Gasteiger partial charge on any atom is -0.493 e. The molecule has 2 heterocycles. The number of carbonyl (C=O) groups excluding carboxylic acids is 1. The molecule has 1 aromatic carbocycles. The highest BCUT2D eigenvalue weighted by Crippen LogP contribution is 2.32. The van der Waals surface area contributed by atoms with Crippen LogP contribution < -0.4 is 20.1 Å². The molecule has 3 rings (SSSR count). The number of ether oxygens (including phenoxy) is 2. The Labute approximate surface area is 171 Å². The average molecular weight is 429 g/mol. The van der Waals surface area contributed by atoms with Crippen LogP contribution in [0.15, 0.2) is 36.5 Å². The highest BCUT2D eigenvalue weighted by molar-refractivity contribution is 5.74. The summed E-state index contributed by atoms with van der Waals surface area (Å²) in [6.07, 6.45) is -2.64. The molecule has 0 radical (unpaired) electrons. The number of urea groups is 1. The van der Waals surface area contributed by atoms with Gasteiger partial charge >= 0.3 is 12.2 Å². The molecule has 1 aliphatic rings. The van der Waals surface area contributed by atoms with Crippen molar-refractivity contribution in [2.75, 3.05) is 13.2 Å². The lowest BCUT2D eigenvalue weighted by molar-refractivity contribution is -0.154. The van der Waals surface area contributed by atoms with Gasteiger partial charge in [-0.1, -0.05) is 19.9 Å². The Bertz CT molecular complexity index is 846. The molecule has 1 aliphatic heterocycles. The maximum absolute atomic E-state index is 13.3. The molecular weight excluding hydrogens is 406 g/mol. The number of nitrogens with zero attached hydrogens (tertiary/aromatic N) is 1. The van der Waals surface area contributed by atoms with Crippen molar-refractivity contribution in [1.29, 1.82) is 0 Å². The molecule has 0 aliphatic carbocycles. The number of rotatable bonds is 5. The van der Waals surface area contributed by atoms with Crippen molar-refractivity contribution in [3.05, 3.63) is 53.5 Å². The van der Waals surface area contributed by atoms with E-state index in [-0.39, 0.29) is 18.5 Å². The highest BCUT2D eigenvalue weighted by atomic mass is 19.4. The maximum Gasteiger partial charge on any atom is 0.422 e. The number of aromatic nitrogens is 1. The first-order chi connectivity index (χ1) is 14.3. The number of pyridine rings is 1. The van der Waals surface area contributed by atoms with Crippen molar-refractivity contribution in [2.45, 2.75) is 39.0 Å². The number of hydrogen-bond acceptors (Lipinski definition) is 4. The maximum atomic E-state index is 13.3. The average Bonchev–Trinajstić information content (AvgIpc) is 2.72. The Balaban J connectivity index is 0.00000155. The molecule has 30 heavy (non-hydrogen) atoms. The number of hydrogen-bond donors (Lipinski definition) is 2. The molecular formula is C20H23F4N3O3. The molecule has 1 atom stereocenters. The van der Waals surface area contributed by atoms with Gasteiger partial charge in [-0.3, -0.25) is 0 Å². The second-order valence-electron chi connectivity index (χ2n) is 6.11. The lowest BCUT2D eigenvalue weighted by Crippen LogP contribution is -2.39. The van der Waals surface area contributed by atoms with E-state index in [1.807, 2.05) is 13.8 Å². The van der Waals surface area contributed by atoms with E-state index >= 15 is 0 Å². The lowest BCUT2D eigenvalue weighted by Gasteiger charge is -2.26. The van der Waals surface area contributed by atoms with Gasteiger partial charge in [-0.2, -0.15) is 13.2 Å². The van der Waals surface area contributed by atoms with Crippen molar-refractivity contribution in [3.8, 4) is 11.6 Å². The zero-order valence-electron chi connectivity index (χ0n) is 16.6. The first kappa shape index (κ1) is 23.2. The molecule has 164 valence electrons. The van der Waals surface area contributed by atoms with Crippen LogP contribution in [0.5, 0.6) is 11.6 Å². The Hall–Kier alpha value is -3.04. The van der Waals surface area contributed by atoms with Crippen molar-refractivity contribution >= 4 is 6.03 Å². The van der Waals surface area contributed by atoms with Gasteiger partial charge in [-0.25, -0.2) is 14.2 Å². The zero-order chi connectivity index (χ0) is 22.1. The number of amides is 2. The lowest BCUT2D eigenvalue weighted by atomic mass is 10.0. The highest BCUT2D eigenvalue weighted by Gasteiger charge is 2.28. The standard InChI is InChI=1S/C18H17F4N3O3.C2H6/c19-12-1-2-13-14(4-6-27-15(13)8-12)25-17(26)24-9-11-3-5-23-16(7-11)28-10-18(20,21)22;1-2/h1-3,5,7-8,14H,4,6,9-10H2,(H2,24,25,26);1-2H3. The van der Waals surface area contributed by atoms with Crippen LogP contribution in [0.3, 0.4) is 0 Å². The molecule has 0 bridgehead atoms. The second-order valence-corrected chi connectivity index (χ2v) is 6.11. The van der Waals surface area contributed by atoms with E-state index in [2.05, 4.69) is 20.4 Å². The van der Waals surface area contributed by atoms with Crippen molar-refractivity contribution < 1.29 is 31.8 Å². The number of nitrogens with one attached hydrogen (secondary N) is 2. The van der Waals surface area contributed by atoms with Gasteiger partial charge in [0.1, 0.15) is 11.6 Å². The quantitative estimate of drug-likeness (QED) is 0.686. The number of fused-ring (bicyclic) bond motifs is 1. The number of halogens is 4. The van der Waals surface area contributed by atoms with Crippen LogP contribution in [0, 0.1) is 5.82 Å². The van der Waals surface area contributed by atoms with Crippen LogP contribution >= 0.6 is 0 Å². The summed E-state index contributed by atoms with van der Waals surface area (Å²) in [6.45, 7) is 2.96. The van der Waals surface area contributed by atoms with Gasteiger partial charge in [0.25, 0.3) is 0 Å². The van der Waals surface area contributed by atoms with E-state index in [4.69, 9.17) is 4.74 Å². The number of carbonyl (C=O) groups is 1. The Morgan fingerprint density at radius 2 is 2.03 bits per heavy atom. The normalized spacial score (nSPS) is 15.1. The van der Waals surface area contributed by atoms with Crippen LogP contribution in [-0.4, -0.2) is 30.4 Å². The largest absolute Gasteiger partial charge is 0.493 e. The van der Waals surface area contributed by atoms with Crippen molar-refractivity contribution in [3.63, 3.8) is 0 Å². The smallest absolute Gasteiger partial charge is 0.422 e. The van der Waals surface area contributed by atoms with Gasteiger partial charge in [0.15, 0.2) is 6.61 Å². The number of alkyl halides is 3. The van der Waals surface area contributed by atoms with Crippen LogP contribution in [0.2, 0.25) is 0 Å². The first-order valence-corrected chi connectivity index (χ1v) is 9.41. The topological polar surface area (TPSA) is 72.5 Å². The summed E-state index contributed by atoms with van der Waals surface area (Å²) in [5.74, 6) is -0.223. The van der Waals surface area contributed by atoms with Gasteiger partial charge in [-0.05, 0) is 17.7 Å². The molecule has 0 saturated heterocycles. The molecule has 6 nitrogen and oxygen atoms in total. The summed E-state index contributed by atoms with van der Waals surface area (Å²) in [5, 5.41) is 5.39. The van der Waals surface area contributed by atoms with Crippen molar-refractivity contribution in [2.24, 2.45) is 0 Å². The van der Waals surface area contributed by atoms with E-state index in [0.29, 0.717) is 29.9 Å². The van der Waals surface area contributed by atoms with E-state index in [1.165, 1.54) is 24.4 Å². The van der Waals surface area contributed by atoms with Crippen LogP contribution in [0.4, 0.5) is 22.4 Å². The zero-order valence-corrected chi connectivity index (χ0v) is 16.6. The van der Waals surface area contributed by atoms with E-state index in [0.717, 1.165) is 0 Å². The molecule has 2 N–H and O–H groups in total. The summed E-state index contributed by atoms with van der Waals surface area (Å²) < 4.78 is 59.9. The minimum absolute atomic E-state index is 0.0657. The van der Waals surface area contributed by atoms with Gasteiger partial charge < -0.3 is 20.1 Å². The van der Waals surface area contributed by atoms with E-state index < -0.39 is 24.6 Å². The first-order valence-electron chi connectivity index (χ1n) is 9.41. The summed E-state index contributed by atoms with van der Waals surface area (Å²) in [7, 11) is 0. The Morgan fingerprint density at radius 3 is 2.77 bits per heavy atom. The van der Waals surface area contributed by atoms with E-state index in [9.17, 15) is 22.4 Å². The van der Waals surface area contributed by atoms with Gasteiger partial charge in [0, 0.05) is 36.9 Å². The summed E-state index contributed by atoms with van der Waals surface area (Å²) in [6, 6.07) is 6.16. The Morgan fingerprint density at radius 1 is 1.27 bits per heavy atom. The van der Waals surface area contributed by atoms with Crippen LogP contribution in [-0.2, 0) is 6.54 Å². The predicted molar refractivity (Wildman–Crippen MR) is 102 cm³/mol. The monoisotopic (exact) mass is 429 g/mol. The molecule has 2 aromatic rings. The fraction of sp³-hybridized carbons (Fsp3) is 0.400. The SMILES string of the molecule is CC.O=C(NCc1ccnc(OCC(F)(F)F)c1)NC1CCOc2cc(F)ccc21. The Kier molecular flexibility index (Phi) is 8.25. The van der Waals surface area contributed by atoms with Gasteiger partial charge in [-0.15, -0.1) is 0 Å².